The molecular weight excluding hydrogens is 269 g/mol. The van der Waals surface area contributed by atoms with Gasteiger partial charge in [0.1, 0.15) is 0 Å². The predicted molar refractivity (Wildman–Crippen MR) is 61.3 cm³/mol. The number of hydrogen-bond donors (Lipinski definition) is 0. The molecule has 0 aliphatic heterocycles. The summed E-state index contributed by atoms with van der Waals surface area (Å²) < 4.78 is 0. The van der Waals surface area contributed by atoms with Crippen LogP contribution in [0.15, 0.2) is 30.3 Å². The van der Waals surface area contributed by atoms with Gasteiger partial charge in [0.25, 0.3) is 0 Å². The van der Waals surface area contributed by atoms with Gasteiger partial charge in [-0.1, -0.05) is 52.3 Å². The Morgan fingerprint density at radius 3 is 2.23 bits per heavy atom. The number of rotatable bonds is 3. The van der Waals surface area contributed by atoms with E-state index >= 15 is 0 Å². The topological polar surface area (TPSA) is 0 Å². The van der Waals surface area contributed by atoms with E-state index in [1.807, 2.05) is 0 Å². The van der Waals surface area contributed by atoms with Gasteiger partial charge in [-0.3, -0.25) is 0 Å². The molecular formula is C9H13Cl2NiP. The van der Waals surface area contributed by atoms with Crippen molar-refractivity contribution in [2.75, 3.05) is 6.16 Å². The standard InChI is InChI=1S/C9H13P.2ClH.Ni/c1-2-8-10-9-6-4-3-5-7-9;;;/h3-7,10H,2,8H2,1H3;2*1H;/q;;;+2/p-2. The van der Waals surface area contributed by atoms with Gasteiger partial charge in [0.05, 0.1) is 0 Å². The second kappa shape index (κ2) is 10.8. The van der Waals surface area contributed by atoms with Crippen LogP contribution >= 0.6 is 29.0 Å². The molecule has 4 heteroatoms. The third-order valence-electron chi connectivity index (χ3n) is 1.35. The molecule has 1 aromatic carbocycles. The molecule has 13 heavy (non-hydrogen) atoms. The van der Waals surface area contributed by atoms with Gasteiger partial charge in [0, 0.05) is 0 Å². The number of benzene rings is 1. The third kappa shape index (κ3) is 9.04. The first-order valence-electron chi connectivity index (χ1n) is 3.96. The Kier molecular flexibility index (Phi) is 11.4. The maximum absolute atomic E-state index is 4.70. The summed E-state index contributed by atoms with van der Waals surface area (Å²) in [4.78, 5) is 0. The van der Waals surface area contributed by atoms with Crippen LogP contribution in [0.4, 0.5) is 0 Å². The SMILES string of the molecule is CCCPc1ccccc1.[Cl][Ni][Cl]. The van der Waals surface area contributed by atoms with E-state index in [-0.39, 0.29) is 0 Å². The van der Waals surface area contributed by atoms with Crippen molar-refractivity contribution in [1.82, 2.24) is 0 Å². The minimum atomic E-state index is 0.569. The Labute approximate surface area is 96.5 Å². The Bertz CT molecular complexity index is 194. The molecule has 0 aromatic heterocycles. The Morgan fingerprint density at radius 2 is 1.77 bits per heavy atom. The van der Waals surface area contributed by atoms with Crippen LogP contribution in [0, 0.1) is 0 Å². The number of halogens is 2. The van der Waals surface area contributed by atoms with Gasteiger partial charge >= 0.3 is 33.0 Å². The Balaban J connectivity index is 0.000000424. The fraction of sp³-hybridized carbons (Fsp3) is 0.333. The van der Waals surface area contributed by atoms with Crippen LogP contribution < -0.4 is 5.30 Å². The van der Waals surface area contributed by atoms with E-state index in [1.165, 1.54) is 17.9 Å². The van der Waals surface area contributed by atoms with Crippen LogP contribution in [0.2, 0.25) is 0 Å². The average molecular weight is 282 g/mol. The first kappa shape index (κ1) is 13.7. The zero-order valence-corrected chi connectivity index (χ0v) is 10.9. The van der Waals surface area contributed by atoms with Gasteiger partial charge in [0.2, 0.25) is 0 Å². The van der Waals surface area contributed by atoms with Crippen molar-refractivity contribution in [3.8, 4) is 0 Å². The summed E-state index contributed by atoms with van der Waals surface area (Å²) in [6, 6.07) is 10.7. The molecule has 1 unspecified atom stereocenters. The predicted octanol–water partition coefficient (Wildman–Crippen LogP) is 3.78. The van der Waals surface area contributed by atoms with Gasteiger partial charge in [-0.2, -0.15) is 0 Å². The first-order chi connectivity index (χ1) is 6.35. The molecule has 0 aliphatic rings. The maximum atomic E-state index is 4.70. The van der Waals surface area contributed by atoms with E-state index in [9.17, 15) is 0 Å². The van der Waals surface area contributed by atoms with Gasteiger partial charge < -0.3 is 0 Å². The quantitative estimate of drug-likeness (QED) is 0.584. The van der Waals surface area contributed by atoms with Crippen molar-refractivity contribution in [1.29, 1.82) is 0 Å². The molecule has 0 saturated carbocycles. The second-order valence-electron chi connectivity index (χ2n) is 2.34. The molecule has 0 radical (unpaired) electrons. The summed E-state index contributed by atoms with van der Waals surface area (Å²) in [5.74, 6) is 0. The minimum absolute atomic E-state index is 0.569. The normalized spacial score (nSPS) is 10.1. The van der Waals surface area contributed by atoms with E-state index in [0.717, 1.165) is 8.58 Å². The van der Waals surface area contributed by atoms with Gasteiger partial charge in [-0.15, -0.1) is 0 Å². The van der Waals surface area contributed by atoms with Gasteiger partial charge in [-0.05, 0) is 11.5 Å². The fourth-order valence-electron chi connectivity index (χ4n) is 0.825. The zero-order chi connectivity index (χ0) is 9.94. The molecule has 0 heterocycles. The summed E-state index contributed by atoms with van der Waals surface area (Å²) in [5.41, 5.74) is 0. The van der Waals surface area contributed by atoms with Crippen LogP contribution in [0.1, 0.15) is 13.3 Å². The van der Waals surface area contributed by atoms with Crippen molar-refractivity contribution in [2.45, 2.75) is 13.3 Å². The van der Waals surface area contributed by atoms with Crippen molar-refractivity contribution >= 4 is 34.3 Å². The molecule has 0 nitrogen and oxygen atoms in total. The summed E-state index contributed by atoms with van der Waals surface area (Å²) in [7, 11) is 10.4. The molecule has 78 valence electrons. The Hall–Kier alpha value is 0.724. The molecule has 0 aliphatic carbocycles. The van der Waals surface area contributed by atoms with Crippen molar-refractivity contribution in [2.24, 2.45) is 0 Å². The van der Waals surface area contributed by atoms with Crippen LogP contribution in [0.5, 0.6) is 0 Å². The van der Waals surface area contributed by atoms with Crippen LogP contribution in [-0.2, 0) is 12.7 Å². The van der Waals surface area contributed by atoms with E-state index in [1.54, 1.807) is 0 Å². The molecule has 1 rings (SSSR count). The average Bonchev–Trinajstić information content (AvgIpc) is 2.18. The number of hydrogen-bond acceptors (Lipinski definition) is 0. The molecule has 0 fully saturated rings. The van der Waals surface area contributed by atoms with Gasteiger partial charge in [-0.25, -0.2) is 0 Å². The van der Waals surface area contributed by atoms with E-state index in [0.29, 0.717) is 12.7 Å². The van der Waals surface area contributed by atoms with Crippen LogP contribution in [-0.4, -0.2) is 6.16 Å². The van der Waals surface area contributed by atoms with Crippen LogP contribution in [0.3, 0.4) is 0 Å². The monoisotopic (exact) mass is 280 g/mol. The van der Waals surface area contributed by atoms with Gasteiger partial charge in [0.15, 0.2) is 0 Å². The van der Waals surface area contributed by atoms with Crippen molar-refractivity contribution < 1.29 is 12.7 Å². The Morgan fingerprint density at radius 1 is 1.23 bits per heavy atom. The molecule has 1 atom stereocenters. The van der Waals surface area contributed by atoms with Crippen LogP contribution in [0.25, 0.3) is 0 Å². The van der Waals surface area contributed by atoms with E-state index in [2.05, 4.69) is 37.3 Å². The first-order valence-corrected chi connectivity index (χ1v) is 7.89. The third-order valence-corrected chi connectivity index (χ3v) is 2.84. The summed E-state index contributed by atoms with van der Waals surface area (Å²) in [6.07, 6.45) is 2.64. The zero-order valence-electron chi connectivity index (χ0n) is 7.37. The molecule has 0 bridgehead atoms. The summed E-state index contributed by atoms with van der Waals surface area (Å²) in [5, 5.41) is 1.49. The van der Waals surface area contributed by atoms with Crippen molar-refractivity contribution in [3.05, 3.63) is 30.3 Å². The molecule has 0 spiro atoms. The summed E-state index contributed by atoms with van der Waals surface area (Å²) in [6.45, 7) is 2.23. The van der Waals surface area contributed by atoms with Crippen molar-refractivity contribution in [3.63, 3.8) is 0 Å². The fourth-order valence-corrected chi connectivity index (χ4v) is 1.79. The van der Waals surface area contributed by atoms with E-state index in [4.69, 9.17) is 20.4 Å². The molecule has 1 aromatic rings. The molecule has 0 saturated heterocycles. The molecule has 0 N–H and O–H groups in total. The second-order valence-corrected chi connectivity index (χ2v) is 5.40. The summed E-state index contributed by atoms with van der Waals surface area (Å²) >= 11 is 0.569. The molecule has 0 amide bonds. The van der Waals surface area contributed by atoms with E-state index < -0.39 is 0 Å².